The summed E-state index contributed by atoms with van der Waals surface area (Å²) in [6, 6.07) is -1.15. The second-order valence-corrected chi connectivity index (χ2v) is 4.47. The molecule has 7 N–H and O–H groups in total. The van der Waals surface area contributed by atoms with E-state index in [1.165, 1.54) is 0 Å². The van der Waals surface area contributed by atoms with E-state index < -0.39 is 12.1 Å². The van der Waals surface area contributed by atoms with Crippen molar-refractivity contribution in [2.24, 2.45) is 28.1 Å². The molecule has 0 aromatic carbocycles. The van der Waals surface area contributed by atoms with Crippen molar-refractivity contribution in [3.63, 3.8) is 0 Å². The summed E-state index contributed by atoms with van der Waals surface area (Å²) in [5.41, 5.74) is 16.0. The Morgan fingerprint density at radius 3 is 2.44 bits per heavy atom. The lowest BCUT2D eigenvalue weighted by Gasteiger charge is -2.18. The van der Waals surface area contributed by atoms with Crippen molar-refractivity contribution in [1.82, 2.24) is 5.32 Å². The summed E-state index contributed by atoms with van der Waals surface area (Å²) in [7, 11) is 0. The molecule has 0 aromatic rings. The fourth-order valence-corrected chi connectivity index (χ4v) is 1.28. The molecule has 7 nitrogen and oxygen atoms in total. The fourth-order valence-electron chi connectivity index (χ4n) is 1.28. The van der Waals surface area contributed by atoms with Crippen LogP contribution >= 0.6 is 0 Å². The first-order chi connectivity index (χ1) is 8.38. The van der Waals surface area contributed by atoms with E-state index in [1.807, 2.05) is 13.8 Å². The van der Waals surface area contributed by atoms with Crippen molar-refractivity contribution in [2.75, 3.05) is 6.54 Å². The molecule has 2 atom stereocenters. The second-order valence-electron chi connectivity index (χ2n) is 4.47. The Morgan fingerprint density at radius 1 is 1.39 bits per heavy atom. The molecule has 0 saturated carbocycles. The Labute approximate surface area is 107 Å². The third kappa shape index (κ3) is 6.85. The highest BCUT2D eigenvalue weighted by atomic mass is 16.2. The molecule has 0 saturated heterocycles. The Kier molecular flexibility index (Phi) is 7.69. The molecule has 0 aliphatic carbocycles. The topological polar surface area (TPSA) is 137 Å². The predicted molar refractivity (Wildman–Crippen MR) is 70.7 cm³/mol. The zero-order valence-electron chi connectivity index (χ0n) is 10.9. The van der Waals surface area contributed by atoms with Crippen LogP contribution in [0.4, 0.5) is 0 Å². The Hall–Kier alpha value is -1.63. The Morgan fingerprint density at radius 2 is 2.00 bits per heavy atom. The summed E-state index contributed by atoms with van der Waals surface area (Å²) < 4.78 is 0. The van der Waals surface area contributed by atoms with Gasteiger partial charge in [-0.3, -0.25) is 9.79 Å². The van der Waals surface area contributed by atoms with E-state index in [2.05, 4.69) is 10.3 Å². The van der Waals surface area contributed by atoms with E-state index in [1.54, 1.807) is 0 Å². The van der Waals surface area contributed by atoms with Gasteiger partial charge in [0.25, 0.3) is 0 Å². The number of aldehydes is 1. The molecule has 0 bridgehead atoms. The SMILES string of the molecule is CC(C)[C@H](N)C(=O)N[C@H](C=O)CCCN=C(N)N. The minimum Gasteiger partial charge on any atom is -0.370 e. The van der Waals surface area contributed by atoms with Crippen molar-refractivity contribution in [3.8, 4) is 0 Å². The zero-order valence-corrected chi connectivity index (χ0v) is 10.9. The highest BCUT2D eigenvalue weighted by molar-refractivity contribution is 5.84. The highest BCUT2D eigenvalue weighted by Gasteiger charge is 2.19. The summed E-state index contributed by atoms with van der Waals surface area (Å²) in [5.74, 6) is -0.272. The molecule has 0 aliphatic heterocycles. The molecule has 18 heavy (non-hydrogen) atoms. The summed E-state index contributed by atoms with van der Waals surface area (Å²) in [6.07, 6.45) is 1.79. The normalized spacial score (nSPS) is 13.8. The van der Waals surface area contributed by atoms with Gasteiger partial charge in [-0.2, -0.15) is 0 Å². The van der Waals surface area contributed by atoms with Crippen molar-refractivity contribution < 1.29 is 9.59 Å². The molecule has 0 aliphatic rings. The monoisotopic (exact) mass is 257 g/mol. The summed E-state index contributed by atoms with van der Waals surface area (Å²) in [5, 5.41) is 2.59. The molecule has 0 fully saturated rings. The van der Waals surface area contributed by atoms with Crippen LogP contribution in [-0.4, -0.2) is 36.8 Å². The van der Waals surface area contributed by atoms with Gasteiger partial charge in [0.05, 0.1) is 12.1 Å². The number of nitrogens with two attached hydrogens (primary N) is 3. The molecule has 7 heteroatoms. The maximum absolute atomic E-state index is 11.6. The maximum Gasteiger partial charge on any atom is 0.237 e. The number of amides is 1. The zero-order chi connectivity index (χ0) is 14.1. The van der Waals surface area contributed by atoms with Crippen LogP contribution in [0.25, 0.3) is 0 Å². The smallest absolute Gasteiger partial charge is 0.237 e. The molecule has 0 rings (SSSR count). The molecular weight excluding hydrogens is 234 g/mol. The van der Waals surface area contributed by atoms with Gasteiger partial charge in [-0.25, -0.2) is 0 Å². The molecular formula is C11H23N5O2. The third-order valence-corrected chi connectivity index (χ3v) is 2.48. The largest absolute Gasteiger partial charge is 0.370 e. The van der Waals surface area contributed by atoms with Crippen molar-refractivity contribution >= 4 is 18.2 Å². The number of aliphatic imine (C=N–C) groups is 1. The van der Waals surface area contributed by atoms with Gasteiger partial charge in [0, 0.05) is 6.54 Å². The lowest BCUT2D eigenvalue weighted by Crippen LogP contribution is -2.48. The molecule has 0 unspecified atom stereocenters. The first-order valence-electron chi connectivity index (χ1n) is 5.95. The lowest BCUT2D eigenvalue weighted by molar-refractivity contribution is -0.126. The number of rotatable bonds is 8. The van der Waals surface area contributed by atoms with Crippen LogP contribution in [-0.2, 0) is 9.59 Å². The third-order valence-electron chi connectivity index (χ3n) is 2.48. The van der Waals surface area contributed by atoms with Crippen LogP contribution in [0.15, 0.2) is 4.99 Å². The summed E-state index contributed by atoms with van der Waals surface area (Å²) in [6.45, 7) is 4.12. The van der Waals surface area contributed by atoms with E-state index in [9.17, 15) is 9.59 Å². The molecule has 0 radical (unpaired) electrons. The van der Waals surface area contributed by atoms with Crippen molar-refractivity contribution in [3.05, 3.63) is 0 Å². The van der Waals surface area contributed by atoms with Crippen LogP contribution in [0.3, 0.4) is 0 Å². The highest BCUT2D eigenvalue weighted by Crippen LogP contribution is 2.01. The number of carbonyl (C=O) groups is 2. The lowest BCUT2D eigenvalue weighted by atomic mass is 10.0. The minimum atomic E-state index is -0.606. The average Bonchev–Trinajstić information content (AvgIpc) is 2.31. The van der Waals surface area contributed by atoms with Gasteiger partial charge < -0.3 is 27.3 Å². The molecule has 0 heterocycles. The quantitative estimate of drug-likeness (QED) is 0.185. The average molecular weight is 257 g/mol. The maximum atomic E-state index is 11.6. The first-order valence-corrected chi connectivity index (χ1v) is 5.95. The van der Waals surface area contributed by atoms with Gasteiger partial charge in [0.1, 0.15) is 6.29 Å². The molecule has 104 valence electrons. The van der Waals surface area contributed by atoms with E-state index in [4.69, 9.17) is 17.2 Å². The number of carbonyl (C=O) groups excluding carboxylic acids is 2. The van der Waals surface area contributed by atoms with E-state index in [0.29, 0.717) is 25.7 Å². The van der Waals surface area contributed by atoms with E-state index in [0.717, 1.165) is 0 Å². The summed E-state index contributed by atoms with van der Waals surface area (Å²) in [4.78, 5) is 26.2. The second kappa shape index (κ2) is 8.46. The molecule has 0 aromatic heterocycles. The van der Waals surface area contributed by atoms with Gasteiger partial charge in [-0.05, 0) is 18.8 Å². The van der Waals surface area contributed by atoms with Crippen molar-refractivity contribution in [2.45, 2.75) is 38.8 Å². The number of guanidine groups is 1. The summed E-state index contributed by atoms with van der Waals surface area (Å²) >= 11 is 0. The van der Waals surface area contributed by atoms with Crippen LogP contribution < -0.4 is 22.5 Å². The Bertz CT molecular complexity index is 300. The van der Waals surface area contributed by atoms with Gasteiger partial charge in [-0.15, -0.1) is 0 Å². The number of hydrogen-bond donors (Lipinski definition) is 4. The predicted octanol–water partition coefficient (Wildman–Crippen LogP) is -1.29. The van der Waals surface area contributed by atoms with Crippen LogP contribution in [0.2, 0.25) is 0 Å². The Balaban J connectivity index is 4.08. The fraction of sp³-hybridized carbons (Fsp3) is 0.727. The molecule has 0 spiro atoms. The number of nitrogens with zero attached hydrogens (tertiary/aromatic N) is 1. The number of nitrogens with one attached hydrogen (secondary N) is 1. The van der Waals surface area contributed by atoms with Crippen LogP contribution in [0.1, 0.15) is 26.7 Å². The van der Waals surface area contributed by atoms with Crippen molar-refractivity contribution in [1.29, 1.82) is 0 Å². The minimum absolute atomic E-state index is 0.0171. The first kappa shape index (κ1) is 16.4. The standard InChI is InChI=1S/C11H23N5O2/c1-7(2)9(12)10(18)16-8(6-17)4-3-5-15-11(13)14/h6-9H,3-5,12H2,1-2H3,(H,16,18)(H4,13,14,15)/t8-,9-/m0/s1. The number of hydrogen-bond acceptors (Lipinski definition) is 4. The van der Waals surface area contributed by atoms with Crippen LogP contribution in [0.5, 0.6) is 0 Å². The molecule has 1 amide bonds. The van der Waals surface area contributed by atoms with Gasteiger partial charge in [0.2, 0.25) is 5.91 Å². The van der Waals surface area contributed by atoms with Crippen LogP contribution in [0, 0.1) is 5.92 Å². The van der Waals surface area contributed by atoms with Gasteiger partial charge >= 0.3 is 0 Å². The van der Waals surface area contributed by atoms with Gasteiger partial charge in [0.15, 0.2) is 5.96 Å². The van der Waals surface area contributed by atoms with Gasteiger partial charge in [-0.1, -0.05) is 13.8 Å². The van der Waals surface area contributed by atoms with E-state index in [-0.39, 0.29) is 17.8 Å². The van der Waals surface area contributed by atoms with E-state index >= 15 is 0 Å².